The van der Waals surface area contributed by atoms with Crippen LogP contribution in [0, 0.1) is 10.1 Å². The third-order valence-electron chi connectivity index (χ3n) is 3.08. The number of nitrogens with zero attached hydrogens (tertiary/aromatic N) is 3. The number of rotatable bonds is 3. The van der Waals surface area contributed by atoms with Crippen molar-refractivity contribution in [2.45, 2.75) is 25.0 Å². The van der Waals surface area contributed by atoms with Crippen LogP contribution >= 0.6 is 0 Å². The molecule has 0 bridgehead atoms. The molecule has 1 saturated heterocycles. The largest absolute Gasteiger partial charge is 0.465 e. The number of nitrogens with one attached hydrogen (secondary N) is 1. The summed E-state index contributed by atoms with van der Waals surface area (Å²) in [5.41, 5.74) is 0.255. The topological polar surface area (TPSA) is 120 Å². The molecule has 1 amide bonds. The summed E-state index contributed by atoms with van der Waals surface area (Å²) in [4.78, 5) is 21.0. The van der Waals surface area contributed by atoms with Crippen molar-refractivity contribution in [3.05, 3.63) is 22.0 Å². The highest BCUT2D eigenvalue weighted by Gasteiger charge is 2.32. The Labute approximate surface area is 108 Å². The fraction of sp³-hybridized carbons (Fsp3) is 0.600. The first-order valence-corrected chi connectivity index (χ1v) is 5.76. The van der Waals surface area contributed by atoms with Crippen molar-refractivity contribution in [2.24, 2.45) is 7.05 Å². The van der Waals surface area contributed by atoms with Crippen LogP contribution in [0.2, 0.25) is 0 Å². The normalized spacial score (nSPS) is 23.0. The molecule has 0 radical (unpaired) electrons. The van der Waals surface area contributed by atoms with Crippen LogP contribution in [0.4, 0.5) is 10.5 Å². The fourth-order valence-corrected chi connectivity index (χ4v) is 2.24. The molecule has 1 aliphatic rings. The highest BCUT2D eigenvalue weighted by Crippen LogP contribution is 2.33. The number of carboxylic acid groups (broad SMARTS) is 1. The van der Waals surface area contributed by atoms with Crippen molar-refractivity contribution in [3.8, 4) is 0 Å². The second-order valence-electron chi connectivity index (χ2n) is 4.33. The van der Waals surface area contributed by atoms with E-state index in [1.54, 1.807) is 7.05 Å². The van der Waals surface area contributed by atoms with Crippen LogP contribution in [-0.2, 0) is 11.8 Å². The second-order valence-corrected chi connectivity index (χ2v) is 4.33. The van der Waals surface area contributed by atoms with Crippen LogP contribution in [0.5, 0.6) is 0 Å². The van der Waals surface area contributed by atoms with Gasteiger partial charge in [0.25, 0.3) is 0 Å². The number of hydrogen-bond donors (Lipinski definition) is 2. The number of nitro groups is 1. The van der Waals surface area contributed by atoms with Crippen molar-refractivity contribution in [1.82, 2.24) is 15.1 Å². The molecule has 19 heavy (non-hydrogen) atoms. The average Bonchev–Trinajstić information content (AvgIpc) is 2.70. The van der Waals surface area contributed by atoms with E-state index in [2.05, 4.69) is 10.4 Å². The summed E-state index contributed by atoms with van der Waals surface area (Å²) in [7, 11) is 1.60. The van der Waals surface area contributed by atoms with Crippen LogP contribution in [0.3, 0.4) is 0 Å². The monoisotopic (exact) mass is 270 g/mol. The van der Waals surface area contributed by atoms with E-state index in [1.807, 2.05) is 0 Å². The molecule has 1 aromatic heterocycles. The van der Waals surface area contributed by atoms with Crippen LogP contribution in [-0.4, -0.2) is 38.6 Å². The smallest absolute Gasteiger partial charge is 0.404 e. The molecule has 0 spiro atoms. The number of amides is 1. The van der Waals surface area contributed by atoms with Gasteiger partial charge in [-0.05, 0) is 12.8 Å². The molecule has 9 nitrogen and oxygen atoms in total. The van der Waals surface area contributed by atoms with E-state index in [0.29, 0.717) is 25.1 Å². The zero-order valence-electron chi connectivity index (χ0n) is 10.3. The van der Waals surface area contributed by atoms with Gasteiger partial charge in [-0.2, -0.15) is 5.10 Å². The Kier molecular flexibility index (Phi) is 3.65. The molecular formula is C10H14N4O5. The molecule has 0 aliphatic carbocycles. The van der Waals surface area contributed by atoms with Crippen LogP contribution < -0.4 is 5.32 Å². The maximum absolute atomic E-state index is 10.9. The summed E-state index contributed by atoms with van der Waals surface area (Å²) >= 11 is 0. The van der Waals surface area contributed by atoms with E-state index in [9.17, 15) is 14.9 Å². The summed E-state index contributed by atoms with van der Waals surface area (Å²) in [5, 5.41) is 25.9. The lowest BCUT2D eigenvalue weighted by molar-refractivity contribution is -0.386. The minimum atomic E-state index is -1.11. The van der Waals surface area contributed by atoms with Gasteiger partial charge in [0.2, 0.25) is 0 Å². The Bertz CT molecular complexity index is 500. The first-order valence-electron chi connectivity index (χ1n) is 5.76. The fourth-order valence-electron chi connectivity index (χ4n) is 2.24. The van der Waals surface area contributed by atoms with Gasteiger partial charge in [0.15, 0.2) is 0 Å². The minimum absolute atomic E-state index is 0.108. The van der Waals surface area contributed by atoms with Crippen molar-refractivity contribution in [2.75, 3.05) is 6.61 Å². The molecule has 1 aliphatic heterocycles. The van der Waals surface area contributed by atoms with Gasteiger partial charge >= 0.3 is 11.8 Å². The maximum Gasteiger partial charge on any atom is 0.404 e. The average molecular weight is 270 g/mol. The van der Waals surface area contributed by atoms with Gasteiger partial charge in [-0.3, -0.25) is 14.8 Å². The van der Waals surface area contributed by atoms with Gasteiger partial charge in [-0.25, -0.2) is 4.79 Å². The molecule has 104 valence electrons. The highest BCUT2D eigenvalue weighted by molar-refractivity contribution is 5.64. The number of carbonyl (C=O) groups is 1. The van der Waals surface area contributed by atoms with Gasteiger partial charge in [-0.1, -0.05) is 0 Å². The van der Waals surface area contributed by atoms with Crippen molar-refractivity contribution in [3.63, 3.8) is 0 Å². The standard InChI is InChI=1S/C10H14N4O5/c1-13-9(7(5-11-13)14(17)18)8-4-6(2-3-19-8)12-10(15)16/h5-6,8,12H,2-4H2,1H3,(H,15,16). The van der Waals surface area contributed by atoms with E-state index < -0.39 is 17.1 Å². The van der Waals surface area contributed by atoms with E-state index in [0.717, 1.165) is 0 Å². The Hall–Kier alpha value is -2.16. The van der Waals surface area contributed by atoms with Crippen molar-refractivity contribution < 1.29 is 19.6 Å². The van der Waals surface area contributed by atoms with Crippen LogP contribution in [0.15, 0.2) is 6.20 Å². The summed E-state index contributed by atoms with van der Waals surface area (Å²) in [6, 6.07) is -0.272. The number of aromatic nitrogens is 2. The van der Waals surface area contributed by atoms with Gasteiger partial charge in [0.05, 0.1) is 4.92 Å². The minimum Gasteiger partial charge on any atom is -0.465 e. The predicted molar refractivity (Wildman–Crippen MR) is 62.7 cm³/mol. The Balaban J connectivity index is 2.19. The van der Waals surface area contributed by atoms with Gasteiger partial charge in [0, 0.05) is 19.7 Å². The Morgan fingerprint density at radius 2 is 2.47 bits per heavy atom. The first kappa shape index (κ1) is 13.3. The zero-order valence-corrected chi connectivity index (χ0v) is 10.3. The molecule has 1 aromatic rings. The van der Waals surface area contributed by atoms with Crippen molar-refractivity contribution in [1.29, 1.82) is 0 Å². The maximum atomic E-state index is 10.9. The summed E-state index contributed by atoms with van der Waals surface area (Å²) in [6.07, 6.45) is 0.442. The predicted octanol–water partition coefficient (Wildman–Crippen LogP) is 0.816. The molecule has 2 rings (SSSR count). The SMILES string of the molecule is Cn1ncc([N+](=O)[O-])c1C1CC(NC(=O)O)CCO1. The molecule has 1 fully saturated rings. The van der Waals surface area contributed by atoms with Crippen LogP contribution in [0.25, 0.3) is 0 Å². The molecule has 0 saturated carbocycles. The summed E-state index contributed by atoms with van der Waals surface area (Å²) in [5.74, 6) is 0. The van der Waals surface area contributed by atoms with E-state index in [1.165, 1.54) is 10.9 Å². The Morgan fingerprint density at radius 3 is 3.11 bits per heavy atom. The van der Waals surface area contributed by atoms with Crippen molar-refractivity contribution >= 4 is 11.8 Å². The third-order valence-corrected chi connectivity index (χ3v) is 3.08. The quantitative estimate of drug-likeness (QED) is 0.619. The second kappa shape index (κ2) is 5.22. The molecule has 2 N–H and O–H groups in total. The number of ether oxygens (including phenoxy) is 1. The number of hydrogen-bond acceptors (Lipinski definition) is 5. The highest BCUT2D eigenvalue weighted by atomic mass is 16.6. The molecule has 2 unspecified atom stereocenters. The Morgan fingerprint density at radius 1 is 1.74 bits per heavy atom. The van der Waals surface area contributed by atoms with Gasteiger partial charge in [-0.15, -0.1) is 0 Å². The molecule has 0 aromatic carbocycles. The van der Waals surface area contributed by atoms with Crippen LogP contribution in [0.1, 0.15) is 24.6 Å². The molecule has 9 heteroatoms. The third kappa shape index (κ3) is 2.81. The number of aryl methyl sites for hydroxylation is 1. The van der Waals surface area contributed by atoms with E-state index >= 15 is 0 Å². The van der Waals surface area contributed by atoms with Gasteiger partial charge in [0.1, 0.15) is 18.0 Å². The molecule has 2 heterocycles. The lowest BCUT2D eigenvalue weighted by Gasteiger charge is -2.28. The summed E-state index contributed by atoms with van der Waals surface area (Å²) < 4.78 is 6.90. The van der Waals surface area contributed by atoms with E-state index in [-0.39, 0.29) is 11.7 Å². The lowest BCUT2D eigenvalue weighted by atomic mass is 10.0. The zero-order chi connectivity index (χ0) is 14.0. The first-order chi connectivity index (χ1) is 8.99. The molecular weight excluding hydrogens is 256 g/mol. The van der Waals surface area contributed by atoms with Gasteiger partial charge < -0.3 is 15.2 Å². The molecule has 2 atom stereocenters. The summed E-state index contributed by atoms with van der Waals surface area (Å²) in [6.45, 7) is 0.345. The lowest BCUT2D eigenvalue weighted by Crippen LogP contribution is -2.39. The van der Waals surface area contributed by atoms with E-state index in [4.69, 9.17) is 9.84 Å².